The highest BCUT2D eigenvalue weighted by Gasteiger charge is 2.25. The molecule has 1 nitrogen and oxygen atoms in total. The van der Waals surface area contributed by atoms with Crippen LogP contribution in [0.25, 0.3) is 0 Å². The van der Waals surface area contributed by atoms with Crippen molar-refractivity contribution in [2.24, 2.45) is 11.8 Å². The third-order valence-electron chi connectivity index (χ3n) is 4.40. The molecular formula is C17H25F2N. The van der Waals surface area contributed by atoms with Crippen molar-refractivity contribution in [3.05, 3.63) is 35.4 Å². The maximum Gasteiger partial charge on any atom is 0.129 e. The van der Waals surface area contributed by atoms with E-state index >= 15 is 0 Å². The highest BCUT2D eigenvalue weighted by atomic mass is 19.1. The van der Waals surface area contributed by atoms with Crippen molar-refractivity contribution in [3.63, 3.8) is 0 Å². The minimum absolute atomic E-state index is 0.393. The molecule has 1 aliphatic carbocycles. The monoisotopic (exact) mass is 281 g/mol. The van der Waals surface area contributed by atoms with Crippen molar-refractivity contribution >= 4 is 0 Å². The molecule has 2 atom stereocenters. The summed E-state index contributed by atoms with van der Waals surface area (Å²) >= 11 is 0. The summed E-state index contributed by atoms with van der Waals surface area (Å²) in [6.45, 7) is 4.24. The van der Waals surface area contributed by atoms with Crippen LogP contribution in [0, 0.1) is 23.5 Å². The number of halogens is 2. The van der Waals surface area contributed by atoms with Crippen molar-refractivity contribution in [1.29, 1.82) is 0 Å². The maximum atomic E-state index is 13.8. The second-order valence-electron chi connectivity index (χ2n) is 5.95. The van der Waals surface area contributed by atoms with Crippen LogP contribution < -0.4 is 5.32 Å². The highest BCUT2D eigenvalue weighted by molar-refractivity contribution is 5.19. The SMILES string of the molecule is CCCNCC1CCCCC1Cc1ccc(F)cc1F. The number of hydrogen-bond acceptors (Lipinski definition) is 1. The van der Waals surface area contributed by atoms with Crippen LogP contribution in [-0.4, -0.2) is 13.1 Å². The third kappa shape index (κ3) is 4.27. The first-order chi connectivity index (χ1) is 9.70. The zero-order chi connectivity index (χ0) is 14.4. The van der Waals surface area contributed by atoms with E-state index in [-0.39, 0.29) is 0 Å². The molecule has 2 rings (SSSR count). The Labute approximate surface area is 120 Å². The van der Waals surface area contributed by atoms with Crippen molar-refractivity contribution < 1.29 is 8.78 Å². The van der Waals surface area contributed by atoms with Gasteiger partial charge in [-0.25, -0.2) is 8.78 Å². The van der Waals surface area contributed by atoms with Gasteiger partial charge in [0.15, 0.2) is 0 Å². The molecule has 0 heterocycles. The average Bonchev–Trinajstić information content (AvgIpc) is 2.44. The summed E-state index contributed by atoms with van der Waals surface area (Å²) in [5.41, 5.74) is 0.666. The predicted octanol–water partition coefficient (Wildman–Crippen LogP) is 4.31. The molecule has 0 bridgehead atoms. The van der Waals surface area contributed by atoms with Gasteiger partial charge in [-0.05, 0) is 62.2 Å². The van der Waals surface area contributed by atoms with E-state index in [1.54, 1.807) is 6.07 Å². The van der Waals surface area contributed by atoms with Crippen molar-refractivity contribution in [1.82, 2.24) is 5.32 Å². The van der Waals surface area contributed by atoms with Gasteiger partial charge < -0.3 is 5.32 Å². The Hall–Kier alpha value is -0.960. The maximum absolute atomic E-state index is 13.8. The summed E-state index contributed by atoms with van der Waals surface area (Å²) in [6.07, 6.45) is 6.78. The lowest BCUT2D eigenvalue weighted by Crippen LogP contribution is -2.32. The van der Waals surface area contributed by atoms with Gasteiger partial charge in [0, 0.05) is 6.07 Å². The fourth-order valence-corrected chi connectivity index (χ4v) is 3.26. The molecule has 1 aromatic carbocycles. The lowest BCUT2D eigenvalue weighted by molar-refractivity contribution is 0.227. The van der Waals surface area contributed by atoms with E-state index < -0.39 is 11.6 Å². The molecule has 0 aliphatic heterocycles. The van der Waals surface area contributed by atoms with Gasteiger partial charge in [0.1, 0.15) is 11.6 Å². The quantitative estimate of drug-likeness (QED) is 0.766. The van der Waals surface area contributed by atoms with E-state index in [1.165, 1.54) is 25.3 Å². The summed E-state index contributed by atoms with van der Waals surface area (Å²) in [7, 11) is 0. The minimum Gasteiger partial charge on any atom is -0.316 e. The van der Waals surface area contributed by atoms with Gasteiger partial charge in [-0.2, -0.15) is 0 Å². The Bertz CT molecular complexity index is 419. The largest absolute Gasteiger partial charge is 0.316 e. The van der Waals surface area contributed by atoms with Crippen LogP contribution in [0.15, 0.2) is 18.2 Å². The van der Waals surface area contributed by atoms with E-state index in [0.29, 0.717) is 17.4 Å². The Morgan fingerprint density at radius 3 is 2.60 bits per heavy atom. The van der Waals surface area contributed by atoms with E-state index in [1.807, 2.05) is 0 Å². The molecule has 3 heteroatoms. The first-order valence-corrected chi connectivity index (χ1v) is 7.85. The van der Waals surface area contributed by atoms with E-state index in [2.05, 4.69) is 12.2 Å². The fraction of sp³-hybridized carbons (Fsp3) is 0.647. The molecule has 2 unspecified atom stereocenters. The average molecular weight is 281 g/mol. The van der Waals surface area contributed by atoms with Crippen molar-refractivity contribution in [3.8, 4) is 0 Å². The van der Waals surface area contributed by atoms with Gasteiger partial charge in [-0.3, -0.25) is 0 Å². The standard InChI is InChI=1S/C17H25F2N/c1-2-9-20-12-15-6-4-3-5-13(15)10-14-7-8-16(18)11-17(14)19/h7-8,11,13,15,20H,2-6,9-10,12H2,1H3. The van der Waals surface area contributed by atoms with Gasteiger partial charge >= 0.3 is 0 Å². The molecule has 1 aromatic rings. The molecule has 0 radical (unpaired) electrons. The van der Waals surface area contributed by atoms with Crippen LogP contribution in [0.3, 0.4) is 0 Å². The van der Waals surface area contributed by atoms with Crippen LogP contribution in [0.5, 0.6) is 0 Å². The number of benzene rings is 1. The van der Waals surface area contributed by atoms with E-state index in [9.17, 15) is 8.78 Å². The fourth-order valence-electron chi connectivity index (χ4n) is 3.26. The minimum atomic E-state index is -0.490. The molecule has 20 heavy (non-hydrogen) atoms. The first-order valence-electron chi connectivity index (χ1n) is 7.85. The molecule has 1 aliphatic rings. The second-order valence-corrected chi connectivity index (χ2v) is 5.95. The third-order valence-corrected chi connectivity index (χ3v) is 4.40. The van der Waals surface area contributed by atoms with Crippen LogP contribution in [0.1, 0.15) is 44.6 Å². The van der Waals surface area contributed by atoms with Crippen LogP contribution in [-0.2, 0) is 6.42 Å². The van der Waals surface area contributed by atoms with Gasteiger partial charge in [0.05, 0.1) is 0 Å². The molecule has 1 N–H and O–H groups in total. The zero-order valence-electron chi connectivity index (χ0n) is 12.3. The van der Waals surface area contributed by atoms with Crippen LogP contribution in [0.2, 0.25) is 0 Å². The highest BCUT2D eigenvalue weighted by Crippen LogP contribution is 2.32. The Kier molecular flexibility index (Phi) is 5.96. The first kappa shape index (κ1) is 15.4. The molecule has 1 fully saturated rings. The Morgan fingerprint density at radius 2 is 1.90 bits per heavy atom. The topological polar surface area (TPSA) is 12.0 Å². The zero-order valence-corrected chi connectivity index (χ0v) is 12.3. The van der Waals surface area contributed by atoms with E-state index in [0.717, 1.165) is 38.4 Å². The summed E-state index contributed by atoms with van der Waals surface area (Å²) < 4.78 is 26.7. The molecule has 1 saturated carbocycles. The smallest absolute Gasteiger partial charge is 0.129 e. The normalized spacial score (nSPS) is 22.9. The molecular weight excluding hydrogens is 256 g/mol. The van der Waals surface area contributed by atoms with Gasteiger partial charge in [0.2, 0.25) is 0 Å². The summed E-state index contributed by atoms with van der Waals surface area (Å²) in [4.78, 5) is 0. The Morgan fingerprint density at radius 1 is 1.15 bits per heavy atom. The lowest BCUT2D eigenvalue weighted by atomic mass is 9.76. The number of nitrogens with one attached hydrogen (secondary N) is 1. The molecule has 112 valence electrons. The van der Waals surface area contributed by atoms with Crippen molar-refractivity contribution in [2.45, 2.75) is 45.4 Å². The van der Waals surface area contributed by atoms with Gasteiger partial charge in [0.25, 0.3) is 0 Å². The van der Waals surface area contributed by atoms with Gasteiger partial charge in [-0.1, -0.05) is 25.8 Å². The molecule has 0 spiro atoms. The van der Waals surface area contributed by atoms with Crippen LogP contribution in [0.4, 0.5) is 8.78 Å². The number of hydrogen-bond donors (Lipinski definition) is 1. The summed E-state index contributed by atoms with van der Waals surface area (Å²) in [5, 5.41) is 3.49. The van der Waals surface area contributed by atoms with Gasteiger partial charge in [-0.15, -0.1) is 0 Å². The predicted molar refractivity (Wildman–Crippen MR) is 78.7 cm³/mol. The van der Waals surface area contributed by atoms with Crippen molar-refractivity contribution in [2.75, 3.05) is 13.1 Å². The Balaban J connectivity index is 1.97. The molecule has 0 aromatic heterocycles. The van der Waals surface area contributed by atoms with E-state index in [4.69, 9.17) is 0 Å². The molecule has 0 amide bonds. The summed E-state index contributed by atoms with van der Waals surface area (Å²) in [6, 6.07) is 3.98. The summed E-state index contributed by atoms with van der Waals surface area (Å²) in [5.74, 6) is 0.264. The van der Waals surface area contributed by atoms with Crippen LogP contribution >= 0.6 is 0 Å². The lowest BCUT2D eigenvalue weighted by Gasteiger charge is -2.32. The molecule has 0 saturated heterocycles. The number of rotatable bonds is 6. The second kappa shape index (κ2) is 7.72.